The monoisotopic (exact) mass is 801 g/mol. The van der Waals surface area contributed by atoms with Crippen molar-refractivity contribution in [3.05, 3.63) is 261 Å². The van der Waals surface area contributed by atoms with Crippen LogP contribution in [0.2, 0.25) is 0 Å². The first kappa shape index (κ1) is 37.7. The van der Waals surface area contributed by atoms with Crippen LogP contribution in [0, 0.1) is 0 Å². The number of anilines is 3. The summed E-state index contributed by atoms with van der Waals surface area (Å²) in [6.45, 7) is 0. The number of para-hydroxylation sites is 1. The van der Waals surface area contributed by atoms with E-state index in [2.05, 4.69) is 266 Å². The second-order valence-electron chi connectivity index (χ2n) is 16.1. The van der Waals surface area contributed by atoms with Gasteiger partial charge in [0, 0.05) is 16.9 Å². The Labute approximate surface area is 369 Å². The van der Waals surface area contributed by atoms with E-state index in [0.717, 1.165) is 22.6 Å². The zero-order valence-corrected chi connectivity index (χ0v) is 34.8. The van der Waals surface area contributed by atoms with Crippen LogP contribution in [0.1, 0.15) is 0 Å². The molecule has 0 aliphatic carbocycles. The molecule has 0 atom stereocenters. The number of fused-ring (bicyclic) bond motifs is 3. The SMILES string of the molecule is c1ccc(-c2ccc(-c3ccc(N(c4ccc(-c5ccc6c(ccc7ccccc76)c5)cc4)c4ccccc4-c4ccccc4-c4ccccc4-c4ccccc4)cc3)cc2)cc1. The lowest BCUT2D eigenvalue weighted by Gasteiger charge is -2.29. The van der Waals surface area contributed by atoms with Gasteiger partial charge in [0.2, 0.25) is 0 Å². The third kappa shape index (κ3) is 7.37. The number of rotatable bonds is 9. The van der Waals surface area contributed by atoms with Gasteiger partial charge in [-0.15, -0.1) is 0 Å². The van der Waals surface area contributed by atoms with Gasteiger partial charge in [-0.2, -0.15) is 0 Å². The Morgan fingerprint density at radius 3 is 1.21 bits per heavy atom. The average Bonchev–Trinajstić information content (AvgIpc) is 3.37. The molecular weight excluding hydrogens is 759 g/mol. The molecule has 0 bridgehead atoms. The fourth-order valence-corrected chi connectivity index (χ4v) is 9.15. The fraction of sp³-hybridized carbons (Fsp3) is 0. The Balaban J connectivity index is 1.02. The lowest BCUT2D eigenvalue weighted by atomic mass is 9.88. The minimum atomic E-state index is 1.08. The van der Waals surface area contributed by atoms with E-state index in [4.69, 9.17) is 0 Å². The summed E-state index contributed by atoms with van der Waals surface area (Å²) in [5.41, 5.74) is 17.6. The smallest absolute Gasteiger partial charge is 0.0540 e. The summed E-state index contributed by atoms with van der Waals surface area (Å²) in [5.74, 6) is 0. The summed E-state index contributed by atoms with van der Waals surface area (Å²) >= 11 is 0. The van der Waals surface area contributed by atoms with E-state index in [-0.39, 0.29) is 0 Å². The van der Waals surface area contributed by atoms with E-state index in [1.165, 1.54) is 82.7 Å². The maximum atomic E-state index is 2.41. The van der Waals surface area contributed by atoms with Gasteiger partial charge in [0.05, 0.1) is 5.69 Å². The first-order chi connectivity index (χ1) is 31.2. The van der Waals surface area contributed by atoms with Crippen LogP contribution in [0.5, 0.6) is 0 Å². The second kappa shape index (κ2) is 16.7. The van der Waals surface area contributed by atoms with Gasteiger partial charge in [-0.1, -0.05) is 224 Å². The molecule has 1 heteroatoms. The van der Waals surface area contributed by atoms with Crippen LogP contribution in [0.3, 0.4) is 0 Å². The molecule has 0 amide bonds. The highest BCUT2D eigenvalue weighted by molar-refractivity contribution is 6.08. The second-order valence-corrected chi connectivity index (χ2v) is 16.1. The van der Waals surface area contributed by atoms with E-state index in [1.807, 2.05) is 0 Å². The van der Waals surface area contributed by atoms with E-state index >= 15 is 0 Å². The maximum absolute atomic E-state index is 2.41. The molecule has 0 saturated heterocycles. The number of hydrogen-bond acceptors (Lipinski definition) is 1. The van der Waals surface area contributed by atoms with Crippen molar-refractivity contribution >= 4 is 38.6 Å². The Morgan fingerprint density at radius 2 is 0.587 bits per heavy atom. The topological polar surface area (TPSA) is 3.24 Å². The maximum Gasteiger partial charge on any atom is 0.0540 e. The van der Waals surface area contributed by atoms with E-state index in [1.54, 1.807) is 0 Å². The van der Waals surface area contributed by atoms with Crippen LogP contribution < -0.4 is 4.90 Å². The van der Waals surface area contributed by atoms with Crippen molar-refractivity contribution in [2.45, 2.75) is 0 Å². The lowest BCUT2D eigenvalue weighted by Crippen LogP contribution is -2.11. The van der Waals surface area contributed by atoms with Gasteiger partial charge < -0.3 is 4.90 Å². The van der Waals surface area contributed by atoms with Crippen molar-refractivity contribution in [2.24, 2.45) is 0 Å². The zero-order chi connectivity index (χ0) is 42.0. The summed E-state index contributed by atoms with van der Waals surface area (Å²) in [6.07, 6.45) is 0. The third-order valence-corrected chi connectivity index (χ3v) is 12.3. The van der Waals surface area contributed by atoms with E-state index in [0.29, 0.717) is 0 Å². The van der Waals surface area contributed by atoms with E-state index < -0.39 is 0 Å². The molecule has 0 aliphatic rings. The molecule has 1 nitrogen and oxygen atoms in total. The molecule has 0 N–H and O–H groups in total. The summed E-state index contributed by atoms with van der Waals surface area (Å²) in [4.78, 5) is 2.41. The van der Waals surface area contributed by atoms with Gasteiger partial charge in [-0.3, -0.25) is 0 Å². The lowest BCUT2D eigenvalue weighted by molar-refractivity contribution is 1.28. The van der Waals surface area contributed by atoms with Gasteiger partial charge in [0.25, 0.3) is 0 Å². The van der Waals surface area contributed by atoms with Crippen LogP contribution in [0.15, 0.2) is 261 Å². The first-order valence-corrected chi connectivity index (χ1v) is 21.7. The van der Waals surface area contributed by atoms with Crippen LogP contribution in [0.4, 0.5) is 17.1 Å². The minimum Gasteiger partial charge on any atom is -0.310 e. The highest BCUT2D eigenvalue weighted by Gasteiger charge is 2.20. The van der Waals surface area contributed by atoms with Crippen molar-refractivity contribution in [1.29, 1.82) is 0 Å². The molecule has 11 rings (SSSR count). The minimum absolute atomic E-state index is 1.08. The Hall–Kier alpha value is -8.26. The predicted octanol–water partition coefficient (Wildman–Crippen LogP) is 17.5. The Kier molecular flexibility index (Phi) is 9.97. The van der Waals surface area contributed by atoms with Crippen molar-refractivity contribution < 1.29 is 0 Å². The molecule has 63 heavy (non-hydrogen) atoms. The van der Waals surface area contributed by atoms with Crippen LogP contribution in [-0.4, -0.2) is 0 Å². The van der Waals surface area contributed by atoms with Crippen LogP contribution in [-0.2, 0) is 0 Å². The van der Waals surface area contributed by atoms with Crippen molar-refractivity contribution in [3.63, 3.8) is 0 Å². The summed E-state index contributed by atoms with van der Waals surface area (Å²) in [7, 11) is 0. The molecule has 11 aromatic rings. The standard InChI is InChI=1S/C62H43N/c1-3-15-44(16-4-1)45-27-29-46(30-28-45)47-33-38-53(39-34-47)63(54-40-35-48(36-41-54)51-37-42-57-52(43-51)32-31-50-19-7-8-20-55(50)57)62-26-14-13-25-61(62)60-24-12-11-23-59(60)58-22-10-9-21-56(58)49-17-5-2-6-18-49/h1-43H. The van der Waals surface area contributed by atoms with Crippen molar-refractivity contribution in [2.75, 3.05) is 4.90 Å². The van der Waals surface area contributed by atoms with Gasteiger partial charge in [-0.05, 0) is 119 Å². The molecule has 0 unspecified atom stereocenters. The number of benzene rings is 11. The number of nitrogens with zero attached hydrogens (tertiary/aromatic N) is 1. The largest absolute Gasteiger partial charge is 0.310 e. The van der Waals surface area contributed by atoms with Gasteiger partial charge in [0.15, 0.2) is 0 Å². The molecule has 0 heterocycles. The van der Waals surface area contributed by atoms with Gasteiger partial charge in [0.1, 0.15) is 0 Å². The molecule has 0 radical (unpaired) electrons. The molecule has 11 aromatic carbocycles. The quantitative estimate of drug-likeness (QED) is 0.131. The first-order valence-electron chi connectivity index (χ1n) is 21.7. The summed E-state index contributed by atoms with van der Waals surface area (Å²) in [5, 5.41) is 5.07. The van der Waals surface area contributed by atoms with Crippen LogP contribution in [0.25, 0.3) is 88.3 Å². The van der Waals surface area contributed by atoms with E-state index in [9.17, 15) is 0 Å². The van der Waals surface area contributed by atoms with Crippen molar-refractivity contribution in [1.82, 2.24) is 0 Å². The molecule has 0 fully saturated rings. The zero-order valence-electron chi connectivity index (χ0n) is 34.8. The normalized spacial score (nSPS) is 11.2. The van der Waals surface area contributed by atoms with Gasteiger partial charge >= 0.3 is 0 Å². The fourth-order valence-electron chi connectivity index (χ4n) is 9.15. The number of hydrogen-bond donors (Lipinski definition) is 0. The summed E-state index contributed by atoms with van der Waals surface area (Å²) < 4.78 is 0. The molecule has 0 saturated carbocycles. The molecule has 0 aliphatic heterocycles. The van der Waals surface area contributed by atoms with Crippen LogP contribution >= 0.6 is 0 Å². The highest BCUT2D eigenvalue weighted by Crippen LogP contribution is 2.46. The summed E-state index contributed by atoms with van der Waals surface area (Å²) in [6, 6.07) is 94.6. The Bertz CT molecular complexity index is 3350. The molecule has 0 aromatic heterocycles. The average molecular weight is 802 g/mol. The van der Waals surface area contributed by atoms with Gasteiger partial charge in [-0.25, -0.2) is 0 Å². The third-order valence-electron chi connectivity index (χ3n) is 12.3. The molecular formula is C62H43N. The molecule has 296 valence electrons. The molecule has 0 spiro atoms. The predicted molar refractivity (Wildman–Crippen MR) is 269 cm³/mol. The highest BCUT2D eigenvalue weighted by atomic mass is 15.1. The van der Waals surface area contributed by atoms with Crippen molar-refractivity contribution in [3.8, 4) is 66.8 Å². The Morgan fingerprint density at radius 1 is 0.206 bits per heavy atom.